The number of oxime groups is 1. The van der Waals surface area contributed by atoms with Gasteiger partial charge in [-0.25, -0.2) is 14.6 Å². The number of cyclic esters (lactones) is 1. The molecule has 2 N–H and O–H groups in total. The van der Waals surface area contributed by atoms with Crippen molar-refractivity contribution in [1.82, 2.24) is 9.55 Å². The highest BCUT2D eigenvalue weighted by molar-refractivity contribution is 5.98. The minimum absolute atomic E-state index is 0.0662. The fourth-order valence-corrected chi connectivity index (χ4v) is 4.32. The van der Waals surface area contributed by atoms with Gasteiger partial charge in [0.2, 0.25) is 6.61 Å². The zero-order chi connectivity index (χ0) is 23.3. The van der Waals surface area contributed by atoms with E-state index in [9.17, 15) is 19.5 Å². The summed E-state index contributed by atoms with van der Waals surface area (Å²) in [5.41, 5.74) is 1.39. The molecule has 10 nitrogen and oxygen atoms in total. The second-order valence-electron chi connectivity index (χ2n) is 7.92. The first kappa shape index (κ1) is 20.8. The molecule has 1 atom stereocenters. The highest BCUT2D eigenvalue weighted by Gasteiger charge is 2.45. The van der Waals surface area contributed by atoms with Gasteiger partial charge in [-0.2, -0.15) is 0 Å². The van der Waals surface area contributed by atoms with E-state index < -0.39 is 24.1 Å². The Hall–Kier alpha value is -4.05. The Morgan fingerprint density at radius 1 is 1.36 bits per heavy atom. The normalized spacial score (nSPS) is 18.7. The first-order chi connectivity index (χ1) is 15.8. The molecule has 10 heteroatoms. The summed E-state index contributed by atoms with van der Waals surface area (Å²) in [4.78, 5) is 45.6. The van der Waals surface area contributed by atoms with Crippen LogP contribution in [0.15, 0.2) is 40.3 Å². The number of hydrogen-bond donors (Lipinski definition) is 2. The Labute approximate surface area is 186 Å². The lowest BCUT2D eigenvalue weighted by Crippen LogP contribution is -2.44. The van der Waals surface area contributed by atoms with Gasteiger partial charge in [-0.15, -0.1) is 0 Å². The van der Waals surface area contributed by atoms with E-state index in [1.165, 1.54) is 6.21 Å². The van der Waals surface area contributed by atoms with Crippen molar-refractivity contribution in [2.45, 2.75) is 32.1 Å². The average Bonchev–Trinajstić information content (AvgIpc) is 3.16. The van der Waals surface area contributed by atoms with E-state index in [1.807, 2.05) is 18.2 Å². The summed E-state index contributed by atoms with van der Waals surface area (Å²) in [6.07, 6.45) is 1.45. The maximum atomic E-state index is 13.2. The molecule has 0 saturated carbocycles. The molecule has 0 unspecified atom stereocenters. The van der Waals surface area contributed by atoms with Crippen molar-refractivity contribution >= 4 is 29.1 Å². The van der Waals surface area contributed by atoms with Gasteiger partial charge < -0.3 is 24.4 Å². The molecular formula is C23H19N3O7. The largest absolute Gasteiger partial charge is 0.479 e. The lowest BCUT2D eigenvalue weighted by Gasteiger charge is -2.31. The van der Waals surface area contributed by atoms with Gasteiger partial charge in [0.05, 0.1) is 35.2 Å². The number of carbonyl (C=O) groups is 2. The quantitative estimate of drug-likeness (QED) is 0.265. The molecule has 5 rings (SSSR count). The molecule has 0 spiro atoms. The van der Waals surface area contributed by atoms with Crippen LogP contribution in [0.25, 0.3) is 22.3 Å². The van der Waals surface area contributed by atoms with Crippen molar-refractivity contribution in [2.75, 3.05) is 6.61 Å². The summed E-state index contributed by atoms with van der Waals surface area (Å²) in [5.74, 6) is -1.91. The summed E-state index contributed by atoms with van der Waals surface area (Å²) < 4.78 is 6.65. The Balaban J connectivity index is 1.66. The number of nitrogens with zero attached hydrogens (tertiary/aromatic N) is 3. The van der Waals surface area contributed by atoms with E-state index in [4.69, 9.17) is 19.7 Å². The third kappa shape index (κ3) is 3.18. The third-order valence-electron chi connectivity index (χ3n) is 6.02. The number of carboxylic acid groups (broad SMARTS) is 1. The molecular weight excluding hydrogens is 430 g/mol. The van der Waals surface area contributed by atoms with Gasteiger partial charge in [0.15, 0.2) is 5.60 Å². The molecule has 4 heterocycles. The number of carbonyl (C=O) groups excluding carboxylic acids is 1. The number of carboxylic acids is 1. The van der Waals surface area contributed by atoms with Gasteiger partial charge in [0.1, 0.15) is 6.61 Å². The Bertz CT molecular complexity index is 1430. The number of ether oxygens (including phenoxy) is 1. The fraction of sp³-hybridized carbons (Fsp3) is 0.261. The fourth-order valence-electron chi connectivity index (χ4n) is 4.32. The van der Waals surface area contributed by atoms with E-state index in [0.717, 1.165) is 10.9 Å². The summed E-state index contributed by atoms with van der Waals surface area (Å²) >= 11 is 0. The van der Waals surface area contributed by atoms with Gasteiger partial charge in [-0.3, -0.25) is 4.79 Å². The number of fused-ring (bicyclic) bond motifs is 5. The van der Waals surface area contributed by atoms with Crippen LogP contribution in [0.5, 0.6) is 0 Å². The standard InChI is InChI=1S/C23H19N3O7/c1-2-23(31)16-7-17-20-14(9-26(17)21(29)15(16)10-32-22(23)30)6-12-4-3-5-13(19(12)25-20)8-24-33-11-18(27)28/h3-8,31H,2,9-11H2,1H3,(H,27,28)/b24-8+/t23-/m0/s1. The van der Waals surface area contributed by atoms with E-state index in [0.29, 0.717) is 29.0 Å². The van der Waals surface area contributed by atoms with Gasteiger partial charge in [-0.05, 0) is 18.6 Å². The van der Waals surface area contributed by atoms with E-state index in [1.54, 1.807) is 23.6 Å². The topological polar surface area (TPSA) is 140 Å². The van der Waals surface area contributed by atoms with Crippen LogP contribution >= 0.6 is 0 Å². The number of aliphatic hydroxyl groups is 1. The lowest BCUT2D eigenvalue weighted by atomic mass is 9.86. The van der Waals surface area contributed by atoms with Crippen LogP contribution < -0.4 is 5.56 Å². The van der Waals surface area contributed by atoms with Crippen LogP contribution in [-0.4, -0.2) is 44.5 Å². The molecule has 3 aromatic rings. The smallest absolute Gasteiger partial charge is 0.344 e. The van der Waals surface area contributed by atoms with Crippen LogP contribution in [0.4, 0.5) is 0 Å². The molecule has 2 aromatic heterocycles. The number of benzene rings is 1. The molecule has 2 aliphatic rings. The molecule has 0 amide bonds. The van der Waals surface area contributed by atoms with Crippen molar-refractivity contribution in [3.05, 3.63) is 62.9 Å². The lowest BCUT2D eigenvalue weighted by molar-refractivity contribution is -0.172. The number of esters is 1. The molecule has 0 bridgehead atoms. The monoisotopic (exact) mass is 449 g/mol. The average molecular weight is 449 g/mol. The van der Waals surface area contributed by atoms with E-state index >= 15 is 0 Å². The molecule has 1 aromatic carbocycles. The second-order valence-corrected chi connectivity index (χ2v) is 7.92. The van der Waals surface area contributed by atoms with Crippen molar-refractivity contribution in [3.8, 4) is 11.4 Å². The van der Waals surface area contributed by atoms with Gasteiger partial charge in [0.25, 0.3) is 5.56 Å². The van der Waals surface area contributed by atoms with Crippen molar-refractivity contribution in [3.63, 3.8) is 0 Å². The molecule has 0 fully saturated rings. The summed E-state index contributed by atoms with van der Waals surface area (Å²) in [7, 11) is 0. The van der Waals surface area contributed by atoms with Gasteiger partial charge >= 0.3 is 11.9 Å². The molecule has 168 valence electrons. The van der Waals surface area contributed by atoms with Gasteiger partial charge in [-0.1, -0.05) is 30.3 Å². The zero-order valence-corrected chi connectivity index (χ0v) is 17.6. The molecule has 0 aliphatic carbocycles. The maximum absolute atomic E-state index is 13.2. The van der Waals surface area contributed by atoms with Crippen LogP contribution in [0.2, 0.25) is 0 Å². The molecule has 2 aliphatic heterocycles. The van der Waals surface area contributed by atoms with Crippen LogP contribution in [0.1, 0.15) is 35.6 Å². The van der Waals surface area contributed by atoms with Crippen molar-refractivity contribution in [1.29, 1.82) is 0 Å². The minimum Gasteiger partial charge on any atom is -0.479 e. The van der Waals surface area contributed by atoms with E-state index in [2.05, 4.69) is 5.16 Å². The second kappa shape index (κ2) is 7.52. The Morgan fingerprint density at radius 3 is 2.94 bits per heavy atom. The highest BCUT2D eigenvalue weighted by atomic mass is 16.6. The van der Waals surface area contributed by atoms with Crippen LogP contribution in [-0.2, 0) is 37.9 Å². The Kier molecular flexibility index (Phi) is 4.75. The predicted octanol–water partition coefficient (Wildman–Crippen LogP) is 1.51. The summed E-state index contributed by atoms with van der Waals surface area (Å²) in [5, 5.41) is 24.1. The first-order valence-electron chi connectivity index (χ1n) is 10.3. The third-order valence-corrected chi connectivity index (χ3v) is 6.02. The van der Waals surface area contributed by atoms with Crippen molar-refractivity contribution in [2.24, 2.45) is 5.16 Å². The SMILES string of the molecule is CC[C@@]1(O)C(=O)OCc2c1cc1n(c2=O)Cc2cc3cccc(/C=N/OCC(=O)O)c3nc2-1. The number of para-hydroxylation sites is 1. The highest BCUT2D eigenvalue weighted by Crippen LogP contribution is 2.38. The molecule has 0 saturated heterocycles. The van der Waals surface area contributed by atoms with E-state index in [-0.39, 0.29) is 29.7 Å². The number of rotatable bonds is 5. The minimum atomic E-state index is -1.89. The van der Waals surface area contributed by atoms with Crippen molar-refractivity contribution < 1.29 is 29.4 Å². The van der Waals surface area contributed by atoms with Crippen LogP contribution in [0.3, 0.4) is 0 Å². The summed E-state index contributed by atoms with van der Waals surface area (Å²) in [6, 6.07) is 9.02. The zero-order valence-electron chi connectivity index (χ0n) is 17.6. The van der Waals surface area contributed by atoms with Crippen LogP contribution in [0, 0.1) is 0 Å². The molecule has 0 radical (unpaired) electrons. The first-order valence-corrected chi connectivity index (χ1v) is 10.3. The number of aliphatic carboxylic acids is 1. The number of hydrogen-bond acceptors (Lipinski definition) is 8. The number of aromatic nitrogens is 2. The predicted molar refractivity (Wildman–Crippen MR) is 116 cm³/mol. The number of pyridine rings is 2. The van der Waals surface area contributed by atoms with Gasteiger partial charge in [0, 0.05) is 22.1 Å². The summed E-state index contributed by atoms with van der Waals surface area (Å²) in [6.45, 7) is 1.21. The molecule has 33 heavy (non-hydrogen) atoms. The maximum Gasteiger partial charge on any atom is 0.344 e. The Morgan fingerprint density at radius 2 is 2.18 bits per heavy atom.